The van der Waals surface area contributed by atoms with Crippen molar-refractivity contribution < 1.29 is 5.11 Å². The number of benzene rings is 1. The molecule has 2 nitrogen and oxygen atoms in total. The Morgan fingerprint density at radius 3 is 2.44 bits per heavy atom. The SMILES string of the molecule is OC(c1ccc(Cl)cn1)c1ccccc1Cl. The van der Waals surface area contributed by atoms with Crippen LogP contribution < -0.4 is 0 Å². The van der Waals surface area contributed by atoms with Gasteiger partial charge >= 0.3 is 0 Å². The fourth-order valence-electron chi connectivity index (χ4n) is 1.41. The van der Waals surface area contributed by atoms with Crippen LogP contribution in [0.2, 0.25) is 10.0 Å². The number of halogens is 2. The van der Waals surface area contributed by atoms with Crippen LogP contribution in [-0.4, -0.2) is 10.1 Å². The molecule has 2 rings (SSSR count). The van der Waals surface area contributed by atoms with E-state index in [1.54, 1.807) is 24.3 Å². The van der Waals surface area contributed by atoms with Gasteiger partial charge in [0.2, 0.25) is 0 Å². The third-order valence-corrected chi connectivity index (χ3v) is 2.80. The Hall–Kier alpha value is -1.09. The molecule has 0 amide bonds. The molecule has 0 aliphatic carbocycles. The van der Waals surface area contributed by atoms with Gasteiger partial charge in [0.05, 0.1) is 10.7 Å². The van der Waals surface area contributed by atoms with Gasteiger partial charge < -0.3 is 5.11 Å². The van der Waals surface area contributed by atoms with Gasteiger partial charge in [-0.15, -0.1) is 0 Å². The van der Waals surface area contributed by atoms with Gasteiger partial charge in [-0.05, 0) is 18.2 Å². The van der Waals surface area contributed by atoms with Crippen molar-refractivity contribution in [2.45, 2.75) is 6.10 Å². The van der Waals surface area contributed by atoms with E-state index in [0.717, 1.165) is 0 Å². The van der Waals surface area contributed by atoms with Crippen LogP contribution in [0.25, 0.3) is 0 Å². The van der Waals surface area contributed by atoms with E-state index in [1.165, 1.54) is 6.20 Å². The zero-order valence-corrected chi connectivity index (χ0v) is 9.78. The summed E-state index contributed by atoms with van der Waals surface area (Å²) in [5.41, 5.74) is 1.16. The number of hydrogen-bond acceptors (Lipinski definition) is 2. The predicted molar refractivity (Wildman–Crippen MR) is 64.8 cm³/mol. The Morgan fingerprint density at radius 1 is 1.06 bits per heavy atom. The highest BCUT2D eigenvalue weighted by Gasteiger charge is 2.14. The summed E-state index contributed by atoms with van der Waals surface area (Å²) < 4.78 is 0. The molecule has 0 spiro atoms. The summed E-state index contributed by atoms with van der Waals surface area (Å²) in [7, 11) is 0. The second-order valence-electron chi connectivity index (χ2n) is 3.33. The molecule has 0 radical (unpaired) electrons. The fraction of sp³-hybridized carbons (Fsp3) is 0.0833. The highest BCUT2D eigenvalue weighted by molar-refractivity contribution is 6.31. The minimum Gasteiger partial charge on any atom is -0.382 e. The Labute approximate surface area is 103 Å². The lowest BCUT2D eigenvalue weighted by Crippen LogP contribution is -2.02. The van der Waals surface area contributed by atoms with Crippen LogP contribution in [0.15, 0.2) is 42.6 Å². The summed E-state index contributed by atoms with van der Waals surface area (Å²) in [4.78, 5) is 4.06. The van der Waals surface area contributed by atoms with Gasteiger partial charge in [-0.1, -0.05) is 41.4 Å². The Morgan fingerprint density at radius 2 is 1.81 bits per heavy atom. The van der Waals surface area contributed by atoms with Gasteiger partial charge in [-0.3, -0.25) is 4.98 Å². The van der Waals surface area contributed by atoms with Crippen molar-refractivity contribution in [3.63, 3.8) is 0 Å². The summed E-state index contributed by atoms with van der Waals surface area (Å²) >= 11 is 11.7. The Balaban J connectivity index is 2.35. The lowest BCUT2D eigenvalue weighted by molar-refractivity contribution is 0.215. The van der Waals surface area contributed by atoms with Crippen molar-refractivity contribution in [2.24, 2.45) is 0 Å². The van der Waals surface area contributed by atoms with Gasteiger partial charge in [-0.25, -0.2) is 0 Å². The number of rotatable bonds is 2. The maximum Gasteiger partial charge on any atom is 0.122 e. The number of pyridine rings is 1. The van der Waals surface area contributed by atoms with Crippen LogP contribution in [0, 0.1) is 0 Å². The smallest absolute Gasteiger partial charge is 0.122 e. The lowest BCUT2D eigenvalue weighted by Gasteiger charge is -2.11. The number of hydrogen-bond donors (Lipinski definition) is 1. The van der Waals surface area contributed by atoms with E-state index in [9.17, 15) is 5.11 Å². The molecule has 0 aliphatic rings. The normalized spacial score (nSPS) is 12.4. The van der Waals surface area contributed by atoms with Crippen molar-refractivity contribution in [1.82, 2.24) is 4.98 Å². The average molecular weight is 254 g/mol. The maximum atomic E-state index is 10.1. The van der Waals surface area contributed by atoms with Crippen LogP contribution in [0.1, 0.15) is 17.4 Å². The van der Waals surface area contributed by atoms with E-state index in [1.807, 2.05) is 12.1 Å². The van der Waals surface area contributed by atoms with Crippen molar-refractivity contribution >= 4 is 23.2 Å². The first-order chi connectivity index (χ1) is 7.68. The van der Waals surface area contributed by atoms with Crippen LogP contribution >= 0.6 is 23.2 Å². The lowest BCUT2D eigenvalue weighted by atomic mass is 10.1. The fourth-order valence-corrected chi connectivity index (χ4v) is 1.76. The van der Waals surface area contributed by atoms with Crippen LogP contribution in [0.4, 0.5) is 0 Å². The highest BCUT2D eigenvalue weighted by Crippen LogP contribution is 2.27. The minimum atomic E-state index is -0.828. The zero-order chi connectivity index (χ0) is 11.5. The predicted octanol–water partition coefficient (Wildman–Crippen LogP) is 3.47. The summed E-state index contributed by atoms with van der Waals surface area (Å²) in [6.45, 7) is 0. The van der Waals surface area contributed by atoms with Crippen molar-refractivity contribution in [2.75, 3.05) is 0 Å². The molecule has 1 aromatic heterocycles. The van der Waals surface area contributed by atoms with E-state index in [4.69, 9.17) is 23.2 Å². The molecular weight excluding hydrogens is 245 g/mol. The number of aromatic nitrogens is 1. The minimum absolute atomic E-state index is 0.520. The van der Waals surface area contributed by atoms with Crippen LogP contribution in [0.5, 0.6) is 0 Å². The van der Waals surface area contributed by atoms with Gasteiger partial charge in [0.25, 0.3) is 0 Å². The van der Waals surface area contributed by atoms with Crippen LogP contribution in [0.3, 0.4) is 0 Å². The Bertz CT molecular complexity index is 485. The molecule has 0 saturated heterocycles. The zero-order valence-electron chi connectivity index (χ0n) is 8.27. The molecule has 82 valence electrons. The quantitative estimate of drug-likeness (QED) is 0.890. The summed E-state index contributed by atoms with van der Waals surface area (Å²) in [6.07, 6.45) is 0.669. The molecule has 0 saturated carbocycles. The molecule has 1 atom stereocenters. The van der Waals surface area contributed by atoms with Gasteiger partial charge in [0.1, 0.15) is 6.10 Å². The van der Waals surface area contributed by atoms with Crippen LogP contribution in [-0.2, 0) is 0 Å². The molecule has 1 unspecified atom stereocenters. The monoisotopic (exact) mass is 253 g/mol. The van der Waals surface area contributed by atoms with Crippen molar-refractivity contribution in [3.8, 4) is 0 Å². The maximum absolute atomic E-state index is 10.1. The third kappa shape index (κ3) is 2.35. The Kier molecular flexibility index (Phi) is 3.44. The van der Waals surface area contributed by atoms with Gasteiger partial charge in [-0.2, -0.15) is 0 Å². The molecule has 1 N–H and O–H groups in total. The molecule has 2 aromatic rings. The summed E-state index contributed by atoms with van der Waals surface area (Å²) in [5.74, 6) is 0. The highest BCUT2D eigenvalue weighted by atomic mass is 35.5. The average Bonchev–Trinajstić information content (AvgIpc) is 2.30. The largest absolute Gasteiger partial charge is 0.382 e. The second-order valence-corrected chi connectivity index (χ2v) is 4.17. The number of aliphatic hydroxyl groups excluding tert-OH is 1. The van der Waals surface area contributed by atoms with E-state index in [0.29, 0.717) is 21.3 Å². The molecule has 1 aromatic carbocycles. The molecule has 1 heterocycles. The first-order valence-electron chi connectivity index (χ1n) is 4.72. The molecule has 4 heteroatoms. The number of nitrogens with zero attached hydrogens (tertiary/aromatic N) is 1. The molecular formula is C12H9Cl2NO. The third-order valence-electron chi connectivity index (χ3n) is 2.23. The van der Waals surface area contributed by atoms with Crippen molar-refractivity contribution in [1.29, 1.82) is 0 Å². The standard InChI is InChI=1S/C12H9Cl2NO/c13-8-5-6-11(15-7-8)12(16)9-3-1-2-4-10(9)14/h1-7,12,16H. The second kappa shape index (κ2) is 4.83. The van der Waals surface area contributed by atoms with E-state index in [-0.39, 0.29) is 0 Å². The summed E-state index contributed by atoms with van der Waals surface area (Å²) in [5, 5.41) is 11.1. The van der Waals surface area contributed by atoms with Crippen molar-refractivity contribution in [3.05, 3.63) is 63.9 Å². The first-order valence-corrected chi connectivity index (χ1v) is 5.48. The number of aliphatic hydroxyl groups is 1. The first kappa shape index (κ1) is 11.4. The summed E-state index contributed by atoms with van der Waals surface area (Å²) in [6, 6.07) is 10.5. The molecule has 0 aliphatic heterocycles. The molecule has 0 fully saturated rings. The van der Waals surface area contributed by atoms with E-state index < -0.39 is 6.10 Å². The van der Waals surface area contributed by atoms with Gasteiger partial charge in [0.15, 0.2) is 0 Å². The molecule has 0 bridgehead atoms. The molecule has 16 heavy (non-hydrogen) atoms. The van der Waals surface area contributed by atoms with E-state index in [2.05, 4.69) is 4.98 Å². The van der Waals surface area contributed by atoms with Gasteiger partial charge in [0, 0.05) is 16.8 Å². The van der Waals surface area contributed by atoms with E-state index >= 15 is 0 Å². The topological polar surface area (TPSA) is 33.1 Å².